The summed E-state index contributed by atoms with van der Waals surface area (Å²) >= 11 is 0. The van der Waals surface area contributed by atoms with E-state index in [2.05, 4.69) is 19.9 Å². The number of aromatic nitrogens is 5. The highest BCUT2D eigenvalue weighted by Crippen LogP contribution is 2.23. The lowest BCUT2D eigenvalue weighted by Crippen LogP contribution is -2.08. The third-order valence-electron chi connectivity index (χ3n) is 4.73. The number of aromatic amines is 1. The molecule has 4 rings (SSSR count). The molecule has 8 nitrogen and oxygen atoms in total. The fourth-order valence-corrected chi connectivity index (χ4v) is 3.00. The van der Waals surface area contributed by atoms with Gasteiger partial charge in [0.2, 0.25) is 11.7 Å². The van der Waals surface area contributed by atoms with Crippen LogP contribution in [0, 0.1) is 6.92 Å². The normalized spacial score (nSPS) is 11.4. The van der Waals surface area contributed by atoms with Crippen LogP contribution < -0.4 is 5.73 Å². The van der Waals surface area contributed by atoms with Gasteiger partial charge in [-0.3, -0.25) is 9.59 Å². The quantitative estimate of drug-likeness (QED) is 0.403. The van der Waals surface area contributed by atoms with Crippen LogP contribution >= 0.6 is 0 Å². The van der Waals surface area contributed by atoms with Crippen molar-refractivity contribution in [3.05, 3.63) is 71.6 Å². The molecule has 3 N–H and O–H groups in total. The molecule has 0 unspecified atom stereocenters. The van der Waals surface area contributed by atoms with Gasteiger partial charge >= 0.3 is 0 Å². The van der Waals surface area contributed by atoms with Gasteiger partial charge in [-0.05, 0) is 13.0 Å². The summed E-state index contributed by atoms with van der Waals surface area (Å²) in [5.41, 5.74) is 9.69. The number of fused-ring (bicyclic) bond motifs is 1. The van der Waals surface area contributed by atoms with E-state index in [-0.39, 0.29) is 5.78 Å². The highest BCUT2D eigenvalue weighted by atomic mass is 16.1. The number of benzene rings is 1. The van der Waals surface area contributed by atoms with Crippen LogP contribution in [-0.2, 0) is 11.8 Å². The minimum atomic E-state index is -0.535. The number of hydrogen-bond donors (Lipinski definition) is 2. The largest absolute Gasteiger partial charge is 0.366 e. The minimum absolute atomic E-state index is 0.0919. The number of nitrogens with two attached hydrogens (primary N) is 1. The van der Waals surface area contributed by atoms with E-state index >= 15 is 0 Å². The van der Waals surface area contributed by atoms with Crippen LogP contribution in [0.1, 0.15) is 27.4 Å². The lowest BCUT2D eigenvalue weighted by molar-refractivity contribution is -0.113. The van der Waals surface area contributed by atoms with Crippen molar-refractivity contribution < 1.29 is 9.59 Å². The van der Waals surface area contributed by atoms with Crippen LogP contribution in [0.5, 0.6) is 0 Å². The zero-order chi connectivity index (χ0) is 20.5. The SMILES string of the molecule is Cc1ncc(C(=O)c2ccc(-c3cnc4[nH]cc(/C=C/C(N)=O)c4n3)cc2)n1C. The number of ketones is 1. The molecule has 144 valence electrons. The maximum absolute atomic E-state index is 12.7. The molecule has 0 bridgehead atoms. The Hall–Kier alpha value is -4.07. The number of primary amides is 1. The summed E-state index contributed by atoms with van der Waals surface area (Å²) in [6, 6.07) is 7.18. The number of rotatable bonds is 5. The molecular weight excluding hydrogens is 368 g/mol. The maximum Gasteiger partial charge on any atom is 0.241 e. The Morgan fingerprint density at radius 2 is 1.90 bits per heavy atom. The number of carbonyl (C=O) groups is 2. The Balaban J connectivity index is 1.66. The monoisotopic (exact) mass is 386 g/mol. The fourth-order valence-electron chi connectivity index (χ4n) is 3.00. The summed E-state index contributed by atoms with van der Waals surface area (Å²) in [6.07, 6.45) is 7.82. The molecule has 0 atom stereocenters. The molecule has 3 heterocycles. The van der Waals surface area contributed by atoms with Gasteiger partial charge in [0.1, 0.15) is 17.0 Å². The summed E-state index contributed by atoms with van der Waals surface area (Å²) in [6.45, 7) is 1.85. The highest BCUT2D eigenvalue weighted by molar-refractivity contribution is 6.08. The number of nitrogens with zero attached hydrogens (tertiary/aromatic N) is 4. The first-order valence-electron chi connectivity index (χ1n) is 8.89. The molecule has 0 aliphatic rings. The molecule has 8 heteroatoms. The number of H-pyrrole nitrogens is 1. The molecule has 0 spiro atoms. The Morgan fingerprint density at radius 3 is 2.55 bits per heavy atom. The van der Waals surface area contributed by atoms with Crippen molar-refractivity contribution in [1.82, 2.24) is 24.5 Å². The van der Waals surface area contributed by atoms with Gasteiger partial charge in [-0.25, -0.2) is 15.0 Å². The Bertz CT molecular complexity index is 1260. The van der Waals surface area contributed by atoms with Crippen molar-refractivity contribution in [2.45, 2.75) is 6.92 Å². The summed E-state index contributed by atoms with van der Waals surface area (Å²) in [7, 11) is 1.82. The standard InChI is InChI=1S/C21H18N6O2/c1-12-23-11-17(27(12)2)20(29)14-5-3-13(4-6-14)16-10-25-21-19(26-16)15(9-24-21)7-8-18(22)28/h3-11H,1-2H3,(H2,22,28)(H,24,25)/b8-7+. The zero-order valence-corrected chi connectivity index (χ0v) is 15.9. The predicted octanol–water partition coefficient (Wildman–Crippen LogP) is 2.40. The Morgan fingerprint density at radius 1 is 1.14 bits per heavy atom. The average molecular weight is 386 g/mol. The Kier molecular flexibility index (Phi) is 4.52. The first-order chi connectivity index (χ1) is 13.9. The van der Waals surface area contributed by atoms with Crippen LogP contribution in [0.25, 0.3) is 28.5 Å². The number of nitrogens with one attached hydrogen (secondary N) is 1. The van der Waals surface area contributed by atoms with Crippen molar-refractivity contribution in [3.8, 4) is 11.3 Å². The summed E-state index contributed by atoms with van der Waals surface area (Å²) in [5, 5.41) is 0. The van der Waals surface area contributed by atoms with Gasteiger partial charge in [-0.1, -0.05) is 24.3 Å². The predicted molar refractivity (Wildman–Crippen MR) is 109 cm³/mol. The van der Waals surface area contributed by atoms with Gasteiger partial charge in [0.05, 0.1) is 18.1 Å². The van der Waals surface area contributed by atoms with E-state index in [0.717, 1.165) is 11.4 Å². The number of carbonyl (C=O) groups excluding carboxylic acids is 2. The van der Waals surface area contributed by atoms with Gasteiger partial charge in [0, 0.05) is 36.0 Å². The summed E-state index contributed by atoms with van der Waals surface area (Å²) in [4.78, 5) is 39.9. The molecule has 0 aliphatic carbocycles. The van der Waals surface area contributed by atoms with Crippen molar-refractivity contribution in [2.75, 3.05) is 0 Å². The third kappa shape index (κ3) is 3.43. The third-order valence-corrected chi connectivity index (χ3v) is 4.73. The molecule has 0 fully saturated rings. The maximum atomic E-state index is 12.7. The van der Waals surface area contributed by atoms with Crippen LogP contribution in [-0.4, -0.2) is 36.2 Å². The summed E-state index contributed by atoms with van der Waals surface area (Å²) < 4.78 is 1.77. The number of imidazole rings is 1. The van der Waals surface area contributed by atoms with Gasteiger partial charge in [-0.2, -0.15) is 0 Å². The molecule has 3 aromatic heterocycles. The van der Waals surface area contributed by atoms with E-state index in [9.17, 15) is 9.59 Å². The Labute approximate surface area is 166 Å². The van der Waals surface area contributed by atoms with Crippen molar-refractivity contribution >= 4 is 28.9 Å². The van der Waals surface area contributed by atoms with Gasteiger partial charge in [0.25, 0.3) is 0 Å². The molecule has 1 amide bonds. The lowest BCUT2D eigenvalue weighted by atomic mass is 10.0. The van der Waals surface area contributed by atoms with Crippen molar-refractivity contribution in [3.63, 3.8) is 0 Å². The minimum Gasteiger partial charge on any atom is -0.366 e. The molecule has 0 saturated carbocycles. The van der Waals surface area contributed by atoms with E-state index in [1.807, 2.05) is 26.1 Å². The lowest BCUT2D eigenvalue weighted by Gasteiger charge is -2.05. The average Bonchev–Trinajstić information content (AvgIpc) is 3.28. The highest BCUT2D eigenvalue weighted by Gasteiger charge is 2.15. The number of amides is 1. The molecule has 0 radical (unpaired) electrons. The van der Waals surface area contributed by atoms with Crippen LogP contribution in [0.15, 0.2) is 48.9 Å². The van der Waals surface area contributed by atoms with E-state index in [1.165, 1.54) is 6.08 Å². The smallest absolute Gasteiger partial charge is 0.241 e. The molecule has 29 heavy (non-hydrogen) atoms. The topological polar surface area (TPSA) is 120 Å². The van der Waals surface area contributed by atoms with E-state index in [0.29, 0.717) is 33.7 Å². The molecular formula is C21H18N6O2. The van der Waals surface area contributed by atoms with Crippen LogP contribution in [0.2, 0.25) is 0 Å². The number of hydrogen-bond acceptors (Lipinski definition) is 5. The molecule has 4 aromatic rings. The summed E-state index contributed by atoms with van der Waals surface area (Å²) in [5.74, 6) is 0.152. The number of aryl methyl sites for hydroxylation is 1. The second-order valence-corrected chi connectivity index (χ2v) is 6.59. The van der Waals surface area contributed by atoms with Crippen LogP contribution in [0.3, 0.4) is 0 Å². The van der Waals surface area contributed by atoms with Gasteiger partial charge in [0.15, 0.2) is 5.65 Å². The zero-order valence-electron chi connectivity index (χ0n) is 15.9. The van der Waals surface area contributed by atoms with Crippen LogP contribution in [0.4, 0.5) is 0 Å². The molecule has 0 saturated heterocycles. The van der Waals surface area contributed by atoms with Crippen molar-refractivity contribution in [2.24, 2.45) is 12.8 Å². The van der Waals surface area contributed by atoms with E-state index < -0.39 is 5.91 Å². The molecule has 1 aromatic carbocycles. The van der Waals surface area contributed by atoms with E-state index in [1.54, 1.807) is 41.4 Å². The second-order valence-electron chi connectivity index (χ2n) is 6.59. The van der Waals surface area contributed by atoms with Crippen molar-refractivity contribution in [1.29, 1.82) is 0 Å². The second kappa shape index (κ2) is 7.16. The first-order valence-corrected chi connectivity index (χ1v) is 8.89. The fraction of sp³-hybridized carbons (Fsp3) is 0.0952. The van der Waals surface area contributed by atoms with Gasteiger partial charge < -0.3 is 15.3 Å². The first kappa shape index (κ1) is 18.3. The molecule has 0 aliphatic heterocycles. The van der Waals surface area contributed by atoms with E-state index in [4.69, 9.17) is 5.73 Å². The van der Waals surface area contributed by atoms with Gasteiger partial charge in [-0.15, -0.1) is 0 Å².